The first kappa shape index (κ1) is 11.1. The van der Waals surface area contributed by atoms with Crippen molar-refractivity contribution >= 4 is 22.5 Å². The number of carbonyl (C=O) groups is 1. The van der Waals surface area contributed by atoms with Gasteiger partial charge in [0, 0.05) is 11.5 Å². The Kier molecular flexibility index (Phi) is 2.57. The number of hydrogen-bond donors (Lipinski definition) is 3. The predicted molar refractivity (Wildman–Crippen MR) is 68.9 cm³/mol. The summed E-state index contributed by atoms with van der Waals surface area (Å²) < 4.78 is 0. The van der Waals surface area contributed by atoms with Crippen molar-refractivity contribution in [1.82, 2.24) is 20.4 Å². The Hall–Kier alpha value is -2.96. The minimum absolute atomic E-state index is 0.139. The molecule has 2 aromatic heterocycles. The van der Waals surface area contributed by atoms with Crippen molar-refractivity contribution < 1.29 is 4.79 Å². The zero-order valence-corrected chi connectivity index (χ0v) is 9.68. The summed E-state index contributed by atoms with van der Waals surface area (Å²) in [5.41, 5.74) is 1.24. The zero-order valence-electron chi connectivity index (χ0n) is 9.68. The first-order valence-corrected chi connectivity index (χ1v) is 5.53. The molecule has 0 fully saturated rings. The molecule has 7 nitrogen and oxygen atoms in total. The second-order valence-electron chi connectivity index (χ2n) is 3.90. The number of nitrogens with zero attached hydrogens (tertiary/aromatic N) is 2. The summed E-state index contributed by atoms with van der Waals surface area (Å²) in [5, 5.41) is 16.1. The SMILES string of the molecule is O=C(Nc1cccc2[nH]ncc12)c1ccc(=O)[nH]n1. The Bertz CT molecular complexity index is 784. The highest BCUT2D eigenvalue weighted by atomic mass is 16.2. The van der Waals surface area contributed by atoms with Crippen LogP contribution in [0.15, 0.2) is 41.3 Å². The van der Waals surface area contributed by atoms with Gasteiger partial charge in [-0.25, -0.2) is 5.10 Å². The molecule has 0 atom stereocenters. The number of nitrogens with one attached hydrogen (secondary N) is 3. The van der Waals surface area contributed by atoms with Crippen molar-refractivity contribution in [1.29, 1.82) is 0 Å². The lowest BCUT2D eigenvalue weighted by Gasteiger charge is -2.05. The number of aromatic amines is 2. The third-order valence-corrected chi connectivity index (χ3v) is 2.64. The molecular weight excluding hydrogens is 246 g/mol. The number of fused-ring (bicyclic) bond motifs is 1. The van der Waals surface area contributed by atoms with E-state index in [-0.39, 0.29) is 11.3 Å². The summed E-state index contributed by atoms with van der Waals surface area (Å²) in [6.07, 6.45) is 1.63. The number of rotatable bonds is 2. The van der Waals surface area contributed by atoms with E-state index in [1.54, 1.807) is 18.3 Å². The lowest BCUT2D eigenvalue weighted by molar-refractivity contribution is 0.102. The van der Waals surface area contributed by atoms with Crippen LogP contribution in [0.4, 0.5) is 5.69 Å². The predicted octanol–water partition coefficient (Wildman–Crippen LogP) is 0.898. The number of hydrogen-bond acceptors (Lipinski definition) is 4. The molecule has 0 aliphatic rings. The summed E-state index contributed by atoms with van der Waals surface area (Å²) in [4.78, 5) is 22.8. The third kappa shape index (κ3) is 2.08. The van der Waals surface area contributed by atoms with E-state index in [0.29, 0.717) is 5.69 Å². The maximum atomic E-state index is 12.0. The minimum atomic E-state index is -0.398. The Labute approximate surface area is 106 Å². The number of amides is 1. The van der Waals surface area contributed by atoms with E-state index in [2.05, 4.69) is 25.7 Å². The van der Waals surface area contributed by atoms with Gasteiger partial charge in [-0.05, 0) is 18.2 Å². The molecule has 94 valence electrons. The number of H-pyrrole nitrogens is 2. The summed E-state index contributed by atoms with van der Waals surface area (Å²) >= 11 is 0. The van der Waals surface area contributed by atoms with Crippen LogP contribution in [0.2, 0.25) is 0 Å². The molecule has 0 saturated carbocycles. The number of anilines is 1. The molecule has 19 heavy (non-hydrogen) atoms. The van der Waals surface area contributed by atoms with Gasteiger partial charge in [-0.15, -0.1) is 0 Å². The molecule has 0 radical (unpaired) electrons. The van der Waals surface area contributed by atoms with E-state index in [1.807, 2.05) is 6.07 Å². The zero-order chi connectivity index (χ0) is 13.2. The van der Waals surface area contributed by atoms with Gasteiger partial charge >= 0.3 is 0 Å². The molecule has 0 bridgehead atoms. The minimum Gasteiger partial charge on any atom is -0.320 e. The number of carbonyl (C=O) groups excluding carboxylic acids is 1. The van der Waals surface area contributed by atoms with Gasteiger partial charge in [0.1, 0.15) is 5.69 Å². The molecule has 0 aliphatic heterocycles. The fourth-order valence-electron chi connectivity index (χ4n) is 1.73. The molecule has 0 aliphatic carbocycles. The summed E-state index contributed by atoms with van der Waals surface area (Å²) in [5.74, 6) is -0.398. The van der Waals surface area contributed by atoms with Crippen molar-refractivity contribution in [3.63, 3.8) is 0 Å². The lowest BCUT2D eigenvalue weighted by atomic mass is 10.2. The quantitative estimate of drug-likeness (QED) is 0.632. The summed E-state index contributed by atoms with van der Waals surface area (Å²) in [6.45, 7) is 0. The maximum absolute atomic E-state index is 12.0. The van der Waals surface area contributed by atoms with Crippen LogP contribution >= 0.6 is 0 Å². The van der Waals surface area contributed by atoms with Crippen molar-refractivity contribution in [2.75, 3.05) is 5.32 Å². The van der Waals surface area contributed by atoms with Gasteiger partial charge in [0.15, 0.2) is 0 Å². The topological polar surface area (TPSA) is 104 Å². The highest BCUT2D eigenvalue weighted by molar-refractivity contribution is 6.07. The van der Waals surface area contributed by atoms with E-state index >= 15 is 0 Å². The monoisotopic (exact) mass is 255 g/mol. The fourth-order valence-corrected chi connectivity index (χ4v) is 1.73. The Balaban J connectivity index is 1.92. The largest absolute Gasteiger partial charge is 0.320 e. The molecule has 0 spiro atoms. The van der Waals surface area contributed by atoms with Crippen molar-refractivity contribution in [3.8, 4) is 0 Å². The second-order valence-corrected chi connectivity index (χ2v) is 3.90. The first-order valence-electron chi connectivity index (χ1n) is 5.53. The maximum Gasteiger partial charge on any atom is 0.276 e. The highest BCUT2D eigenvalue weighted by Gasteiger charge is 2.10. The van der Waals surface area contributed by atoms with E-state index < -0.39 is 5.91 Å². The second kappa shape index (κ2) is 4.37. The number of benzene rings is 1. The van der Waals surface area contributed by atoms with Gasteiger partial charge < -0.3 is 5.32 Å². The van der Waals surface area contributed by atoms with E-state index in [1.165, 1.54) is 12.1 Å². The normalized spacial score (nSPS) is 10.5. The Morgan fingerprint density at radius 2 is 2.05 bits per heavy atom. The third-order valence-electron chi connectivity index (χ3n) is 2.64. The molecule has 7 heteroatoms. The highest BCUT2D eigenvalue weighted by Crippen LogP contribution is 2.21. The van der Waals surface area contributed by atoms with E-state index in [9.17, 15) is 9.59 Å². The molecule has 0 saturated heterocycles. The van der Waals surface area contributed by atoms with Crippen LogP contribution in [0.3, 0.4) is 0 Å². The summed E-state index contributed by atoms with van der Waals surface area (Å²) in [6, 6.07) is 8.04. The fraction of sp³-hybridized carbons (Fsp3) is 0. The van der Waals surface area contributed by atoms with E-state index in [4.69, 9.17) is 0 Å². The van der Waals surface area contributed by atoms with Gasteiger partial charge in [0.2, 0.25) is 0 Å². The molecular formula is C12H9N5O2. The Morgan fingerprint density at radius 3 is 2.84 bits per heavy atom. The smallest absolute Gasteiger partial charge is 0.276 e. The molecule has 0 unspecified atom stereocenters. The molecule has 3 aromatic rings. The molecule has 3 rings (SSSR count). The van der Waals surface area contributed by atoms with Gasteiger partial charge in [-0.3, -0.25) is 14.7 Å². The average molecular weight is 255 g/mol. The van der Waals surface area contributed by atoms with Gasteiger partial charge in [0.25, 0.3) is 11.5 Å². The van der Waals surface area contributed by atoms with Gasteiger partial charge in [0.05, 0.1) is 17.4 Å². The molecule has 3 N–H and O–H groups in total. The van der Waals surface area contributed by atoms with Crippen LogP contribution in [0.1, 0.15) is 10.5 Å². The van der Waals surface area contributed by atoms with Crippen molar-refractivity contribution in [2.24, 2.45) is 0 Å². The van der Waals surface area contributed by atoms with E-state index in [0.717, 1.165) is 10.9 Å². The van der Waals surface area contributed by atoms with Gasteiger partial charge in [-0.2, -0.15) is 10.2 Å². The first-order chi connectivity index (χ1) is 9.24. The molecule has 2 heterocycles. The summed E-state index contributed by atoms with van der Waals surface area (Å²) in [7, 11) is 0. The van der Waals surface area contributed by atoms with Crippen LogP contribution in [0.5, 0.6) is 0 Å². The molecule has 1 amide bonds. The van der Waals surface area contributed by atoms with Gasteiger partial charge in [-0.1, -0.05) is 6.07 Å². The van der Waals surface area contributed by atoms with Crippen LogP contribution in [-0.4, -0.2) is 26.3 Å². The number of aromatic nitrogens is 4. The average Bonchev–Trinajstić information content (AvgIpc) is 2.89. The van der Waals surface area contributed by atoms with Crippen LogP contribution in [0.25, 0.3) is 10.9 Å². The molecule has 1 aromatic carbocycles. The van der Waals surface area contributed by atoms with Crippen LogP contribution in [-0.2, 0) is 0 Å². The Morgan fingerprint density at radius 1 is 1.16 bits per heavy atom. The standard InChI is InChI=1S/C12H9N5O2/c18-11-5-4-10(16-17-11)12(19)14-8-2-1-3-9-7(8)6-13-15-9/h1-6H,(H,13,15)(H,14,19)(H,17,18). The van der Waals surface area contributed by atoms with Crippen LogP contribution < -0.4 is 10.9 Å². The van der Waals surface area contributed by atoms with Crippen LogP contribution in [0, 0.1) is 0 Å². The van der Waals surface area contributed by atoms with Crippen molar-refractivity contribution in [3.05, 3.63) is 52.6 Å². The van der Waals surface area contributed by atoms with Crippen molar-refractivity contribution in [2.45, 2.75) is 0 Å². The lowest BCUT2D eigenvalue weighted by Crippen LogP contribution is -2.17.